The standard InChI is InChI=1S/C25H19ClF11NO2/c1-12(22(40)38(2)11-23(29,30)31)7-21(39)15-5-3-14(8-17(15)25(35,36)37)19(27)10-16(24(32,33)34)13-4-6-18(26)20(28)9-13/h3-6,8-10,12,16H,7,11H2,1-2H3/b19-10-/t12-,16?/m0/s1. The Morgan fingerprint density at radius 1 is 0.975 bits per heavy atom. The monoisotopic (exact) mass is 609 g/mol. The first-order chi connectivity index (χ1) is 18.1. The molecule has 3 nitrogen and oxygen atoms in total. The van der Waals surface area contributed by atoms with Crippen LogP contribution < -0.4 is 0 Å². The van der Waals surface area contributed by atoms with Gasteiger partial charge < -0.3 is 4.90 Å². The number of nitrogens with zero attached hydrogens (tertiary/aromatic N) is 1. The molecule has 2 aromatic rings. The minimum Gasteiger partial charge on any atom is -0.336 e. The first-order valence-electron chi connectivity index (χ1n) is 11.1. The molecule has 0 spiro atoms. The highest BCUT2D eigenvalue weighted by molar-refractivity contribution is 6.30. The average Bonchev–Trinajstić information content (AvgIpc) is 2.80. The van der Waals surface area contributed by atoms with Crippen molar-refractivity contribution in [1.82, 2.24) is 4.90 Å². The highest BCUT2D eigenvalue weighted by Gasteiger charge is 2.41. The zero-order chi connectivity index (χ0) is 30.8. The number of carbonyl (C=O) groups excluding carboxylic acids is 2. The first kappa shape index (κ1) is 33.0. The maximum Gasteiger partial charge on any atom is 0.417 e. The Kier molecular flexibility index (Phi) is 10.0. The Morgan fingerprint density at radius 3 is 2.08 bits per heavy atom. The number of allylic oxidation sites excluding steroid dienone is 1. The van der Waals surface area contributed by atoms with E-state index in [1.54, 1.807) is 0 Å². The predicted molar refractivity (Wildman–Crippen MR) is 123 cm³/mol. The van der Waals surface area contributed by atoms with Crippen LogP contribution in [-0.4, -0.2) is 42.5 Å². The molecule has 0 saturated heterocycles. The van der Waals surface area contributed by atoms with Crippen LogP contribution in [-0.2, 0) is 11.0 Å². The Labute approximate surface area is 225 Å². The van der Waals surface area contributed by atoms with Crippen LogP contribution >= 0.6 is 11.6 Å². The van der Waals surface area contributed by atoms with Gasteiger partial charge in [0.05, 0.1) is 10.6 Å². The lowest BCUT2D eigenvalue weighted by molar-refractivity contribution is -0.160. The van der Waals surface area contributed by atoms with Gasteiger partial charge in [-0.25, -0.2) is 8.78 Å². The summed E-state index contributed by atoms with van der Waals surface area (Å²) in [4.78, 5) is 24.9. The molecule has 0 aliphatic carbocycles. The third-order valence-corrected chi connectivity index (χ3v) is 5.88. The summed E-state index contributed by atoms with van der Waals surface area (Å²) in [6.07, 6.45) is -16.3. The van der Waals surface area contributed by atoms with Crippen LogP contribution in [0.25, 0.3) is 5.83 Å². The van der Waals surface area contributed by atoms with E-state index >= 15 is 0 Å². The molecular formula is C25H19ClF11NO2. The predicted octanol–water partition coefficient (Wildman–Crippen LogP) is 8.38. The molecule has 0 saturated carbocycles. The van der Waals surface area contributed by atoms with Gasteiger partial charge in [-0.15, -0.1) is 0 Å². The molecule has 15 heteroatoms. The van der Waals surface area contributed by atoms with E-state index in [0.717, 1.165) is 26.1 Å². The number of rotatable bonds is 8. The lowest BCUT2D eigenvalue weighted by Gasteiger charge is -2.22. The quantitative estimate of drug-likeness (QED) is 0.223. The molecule has 220 valence electrons. The fraction of sp³-hybridized carbons (Fsp3) is 0.360. The Hall–Kier alpha value is -3.16. The lowest BCUT2D eigenvalue weighted by Crippen LogP contribution is -2.39. The molecule has 2 aromatic carbocycles. The van der Waals surface area contributed by atoms with Crippen LogP contribution in [0, 0.1) is 11.7 Å². The normalized spacial score (nSPS) is 14.6. The Morgan fingerprint density at radius 2 is 1.57 bits per heavy atom. The summed E-state index contributed by atoms with van der Waals surface area (Å²) in [5.74, 6) is -9.78. The molecule has 0 aliphatic rings. The Balaban J connectivity index is 2.44. The largest absolute Gasteiger partial charge is 0.417 e. The second kappa shape index (κ2) is 12.1. The second-order valence-electron chi connectivity index (χ2n) is 8.80. The van der Waals surface area contributed by atoms with Gasteiger partial charge in [0, 0.05) is 30.5 Å². The summed E-state index contributed by atoms with van der Waals surface area (Å²) in [7, 11) is 0.786. The number of hydrogen-bond acceptors (Lipinski definition) is 2. The van der Waals surface area contributed by atoms with Crippen molar-refractivity contribution in [2.75, 3.05) is 13.6 Å². The third-order valence-electron chi connectivity index (χ3n) is 5.58. The van der Waals surface area contributed by atoms with Gasteiger partial charge in [0.1, 0.15) is 24.1 Å². The summed E-state index contributed by atoms with van der Waals surface area (Å²) in [6, 6.07) is 3.08. The topological polar surface area (TPSA) is 37.4 Å². The summed E-state index contributed by atoms with van der Waals surface area (Å²) in [5.41, 5.74) is -4.61. The average molecular weight is 610 g/mol. The van der Waals surface area contributed by atoms with Gasteiger partial charge >= 0.3 is 18.5 Å². The van der Waals surface area contributed by atoms with Crippen LogP contribution in [0.3, 0.4) is 0 Å². The zero-order valence-electron chi connectivity index (χ0n) is 20.4. The van der Waals surface area contributed by atoms with Gasteiger partial charge in [-0.2, -0.15) is 39.5 Å². The first-order valence-corrected chi connectivity index (χ1v) is 11.4. The molecule has 0 fully saturated rings. The van der Waals surface area contributed by atoms with Crippen molar-refractivity contribution in [1.29, 1.82) is 0 Å². The fourth-order valence-electron chi connectivity index (χ4n) is 3.70. The van der Waals surface area contributed by atoms with Crippen molar-refractivity contribution in [3.63, 3.8) is 0 Å². The van der Waals surface area contributed by atoms with E-state index in [0.29, 0.717) is 18.2 Å². The van der Waals surface area contributed by atoms with Crippen LogP contribution in [0.4, 0.5) is 48.3 Å². The molecule has 1 unspecified atom stereocenters. The minimum absolute atomic E-state index is 0.0725. The SMILES string of the molecule is C[C@@H](CC(=O)c1ccc(/C(F)=C/C(c2ccc(Cl)c(F)c2)C(F)(F)F)cc1C(F)(F)F)C(=O)N(C)CC(F)(F)F. The van der Waals surface area contributed by atoms with E-state index in [-0.39, 0.29) is 17.0 Å². The van der Waals surface area contributed by atoms with Crippen LogP contribution in [0.15, 0.2) is 42.5 Å². The van der Waals surface area contributed by atoms with Gasteiger partial charge in [0.25, 0.3) is 0 Å². The third kappa shape index (κ3) is 8.67. The van der Waals surface area contributed by atoms with Crippen LogP contribution in [0.2, 0.25) is 5.02 Å². The molecule has 40 heavy (non-hydrogen) atoms. The lowest BCUT2D eigenvalue weighted by atomic mass is 9.92. The van der Waals surface area contributed by atoms with Crippen molar-refractivity contribution < 1.29 is 57.9 Å². The number of ketones is 1. The maximum atomic E-state index is 14.9. The van der Waals surface area contributed by atoms with Gasteiger partial charge in [-0.05, 0) is 29.8 Å². The maximum absolute atomic E-state index is 14.9. The van der Waals surface area contributed by atoms with Gasteiger partial charge in [0.15, 0.2) is 5.78 Å². The number of halogens is 12. The molecule has 0 aliphatic heterocycles. The molecular weight excluding hydrogens is 591 g/mol. The van der Waals surface area contributed by atoms with Crippen molar-refractivity contribution in [3.05, 3.63) is 75.6 Å². The summed E-state index contributed by atoms with van der Waals surface area (Å²) >= 11 is 5.45. The van der Waals surface area contributed by atoms with E-state index in [1.807, 2.05) is 0 Å². The Bertz CT molecular complexity index is 1280. The highest BCUT2D eigenvalue weighted by atomic mass is 35.5. The van der Waals surface area contributed by atoms with Crippen molar-refractivity contribution in [2.45, 2.75) is 37.8 Å². The van der Waals surface area contributed by atoms with E-state index in [4.69, 9.17) is 11.6 Å². The van der Waals surface area contributed by atoms with E-state index in [1.165, 1.54) is 0 Å². The summed E-state index contributed by atoms with van der Waals surface area (Å²) in [5, 5.41) is -0.521. The number of alkyl halides is 9. The molecule has 0 aromatic heterocycles. The van der Waals surface area contributed by atoms with Gasteiger partial charge in [0.2, 0.25) is 5.91 Å². The van der Waals surface area contributed by atoms with E-state index in [2.05, 4.69) is 0 Å². The number of hydrogen-bond donors (Lipinski definition) is 0. The molecule has 0 heterocycles. The number of carbonyl (C=O) groups is 2. The number of benzene rings is 2. The molecule has 0 bridgehead atoms. The molecule has 2 rings (SSSR count). The molecule has 1 amide bonds. The van der Waals surface area contributed by atoms with Crippen molar-refractivity contribution in [3.8, 4) is 0 Å². The summed E-state index contributed by atoms with van der Waals surface area (Å²) < 4.78 is 148. The molecule has 2 atom stereocenters. The smallest absolute Gasteiger partial charge is 0.336 e. The number of Topliss-reactive ketones (excluding diaryl/α,β-unsaturated/α-hetero) is 1. The second-order valence-corrected chi connectivity index (χ2v) is 9.21. The van der Waals surface area contributed by atoms with Gasteiger partial charge in [-0.3, -0.25) is 9.59 Å². The highest BCUT2D eigenvalue weighted by Crippen LogP contribution is 2.40. The van der Waals surface area contributed by atoms with Crippen LogP contribution in [0.1, 0.15) is 46.3 Å². The van der Waals surface area contributed by atoms with Crippen molar-refractivity contribution >= 4 is 29.1 Å². The zero-order valence-corrected chi connectivity index (χ0v) is 21.2. The van der Waals surface area contributed by atoms with E-state index < -0.39 is 93.9 Å². The van der Waals surface area contributed by atoms with Crippen molar-refractivity contribution in [2.24, 2.45) is 5.92 Å². The minimum atomic E-state index is -5.32. The molecule has 0 radical (unpaired) electrons. The molecule has 0 N–H and O–H groups in total. The number of amides is 1. The summed E-state index contributed by atoms with van der Waals surface area (Å²) in [6.45, 7) is -0.645. The van der Waals surface area contributed by atoms with Gasteiger partial charge in [-0.1, -0.05) is 36.7 Å². The van der Waals surface area contributed by atoms with E-state index in [9.17, 15) is 57.9 Å². The fourth-order valence-corrected chi connectivity index (χ4v) is 3.81. The van der Waals surface area contributed by atoms with Crippen LogP contribution in [0.5, 0.6) is 0 Å².